The summed E-state index contributed by atoms with van der Waals surface area (Å²) >= 11 is 6.25. The Morgan fingerprint density at radius 2 is 1.71 bits per heavy atom. The van der Waals surface area contributed by atoms with Crippen LogP contribution in [-0.4, -0.2) is 50.0 Å². The second kappa shape index (κ2) is 11.2. The van der Waals surface area contributed by atoms with Gasteiger partial charge in [-0.1, -0.05) is 60.8 Å². The first kappa shape index (κ1) is 26.0. The van der Waals surface area contributed by atoms with E-state index in [-0.39, 0.29) is 29.2 Å². The summed E-state index contributed by atoms with van der Waals surface area (Å²) in [5.74, 6) is -0.722. The van der Waals surface area contributed by atoms with E-state index < -0.39 is 28.5 Å². The molecule has 34 heavy (non-hydrogen) atoms. The number of carbonyl (C=O) groups excluding carboxylic acids is 2. The Kier molecular flexibility index (Phi) is 8.60. The van der Waals surface area contributed by atoms with Crippen molar-refractivity contribution in [3.05, 3.63) is 64.7 Å². The van der Waals surface area contributed by atoms with E-state index in [2.05, 4.69) is 5.32 Å². The lowest BCUT2D eigenvalue weighted by molar-refractivity contribution is -0.139. The number of amides is 2. The molecule has 7 nitrogen and oxygen atoms in total. The Labute approximate surface area is 207 Å². The largest absolute Gasteiger partial charge is 0.352 e. The lowest BCUT2D eigenvalue weighted by Gasteiger charge is -2.32. The molecular weight excluding hydrogens is 474 g/mol. The fourth-order valence-corrected chi connectivity index (χ4v) is 5.34. The van der Waals surface area contributed by atoms with Crippen LogP contribution in [0, 0.1) is 6.92 Å². The number of nitrogens with one attached hydrogen (secondary N) is 1. The van der Waals surface area contributed by atoms with Crippen LogP contribution in [0.25, 0.3) is 0 Å². The highest BCUT2D eigenvalue weighted by Crippen LogP contribution is 2.27. The fourth-order valence-electron chi connectivity index (χ4n) is 4.19. The van der Waals surface area contributed by atoms with Crippen molar-refractivity contribution in [2.75, 3.05) is 17.1 Å². The highest BCUT2D eigenvalue weighted by molar-refractivity contribution is 7.92. The molecule has 1 atom stereocenters. The minimum Gasteiger partial charge on any atom is -0.352 e. The first-order valence-corrected chi connectivity index (χ1v) is 13.7. The summed E-state index contributed by atoms with van der Waals surface area (Å²) in [6.07, 6.45) is 5.04. The van der Waals surface area contributed by atoms with Gasteiger partial charge >= 0.3 is 0 Å². The van der Waals surface area contributed by atoms with E-state index in [1.165, 1.54) is 4.90 Å². The standard InChI is InChI=1S/C25H32ClN3O4S/c1-18-10-4-5-11-20(18)16-28(19(2)25(31)27-21-12-6-7-13-21)24(30)17-29(34(3,32)33)23-15-9-8-14-22(23)26/h4-5,8-11,14-15,19,21H,6-7,12-13,16-17H2,1-3H3,(H,27,31). The maximum atomic E-state index is 13.6. The third-order valence-electron chi connectivity index (χ3n) is 6.27. The fraction of sp³-hybridized carbons (Fsp3) is 0.440. The first-order chi connectivity index (χ1) is 16.1. The molecule has 1 saturated carbocycles. The van der Waals surface area contributed by atoms with Crippen molar-refractivity contribution < 1.29 is 18.0 Å². The van der Waals surface area contributed by atoms with Crippen LogP contribution in [0.4, 0.5) is 5.69 Å². The minimum absolute atomic E-state index is 0.112. The molecule has 0 radical (unpaired) electrons. The Hall–Kier alpha value is -2.58. The van der Waals surface area contributed by atoms with Crippen LogP contribution >= 0.6 is 11.6 Å². The lowest BCUT2D eigenvalue weighted by atomic mass is 10.1. The van der Waals surface area contributed by atoms with E-state index in [0.29, 0.717) is 0 Å². The predicted octanol–water partition coefficient (Wildman–Crippen LogP) is 3.89. The van der Waals surface area contributed by atoms with Crippen molar-refractivity contribution >= 4 is 39.1 Å². The molecule has 0 bridgehead atoms. The molecule has 0 spiro atoms. The van der Waals surface area contributed by atoms with Crippen LogP contribution in [0.5, 0.6) is 0 Å². The van der Waals surface area contributed by atoms with Crippen molar-refractivity contribution in [3.8, 4) is 0 Å². The summed E-state index contributed by atoms with van der Waals surface area (Å²) in [6.45, 7) is 3.34. The van der Waals surface area contributed by atoms with Crippen molar-refractivity contribution in [1.82, 2.24) is 10.2 Å². The second-order valence-corrected chi connectivity index (χ2v) is 11.1. The topological polar surface area (TPSA) is 86.8 Å². The normalized spacial score (nSPS) is 15.1. The van der Waals surface area contributed by atoms with Crippen LogP contribution < -0.4 is 9.62 Å². The highest BCUT2D eigenvalue weighted by Gasteiger charge is 2.32. The van der Waals surface area contributed by atoms with E-state index >= 15 is 0 Å². The number of rotatable bonds is 9. The van der Waals surface area contributed by atoms with Crippen molar-refractivity contribution in [1.29, 1.82) is 0 Å². The number of benzene rings is 2. The molecule has 0 aliphatic heterocycles. The van der Waals surface area contributed by atoms with E-state index in [0.717, 1.165) is 47.4 Å². The van der Waals surface area contributed by atoms with Gasteiger partial charge in [0.1, 0.15) is 12.6 Å². The Balaban J connectivity index is 1.90. The highest BCUT2D eigenvalue weighted by atomic mass is 35.5. The average Bonchev–Trinajstić information content (AvgIpc) is 3.29. The number of para-hydroxylation sites is 1. The van der Waals surface area contributed by atoms with Gasteiger partial charge in [-0.3, -0.25) is 13.9 Å². The van der Waals surface area contributed by atoms with Gasteiger partial charge in [-0.15, -0.1) is 0 Å². The molecule has 2 aromatic carbocycles. The smallest absolute Gasteiger partial charge is 0.244 e. The van der Waals surface area contributed by atoms with Gasteiger partial charge in [0.15, 0.2) is 0 Å². The molecule has 0 heterocycles. The van der Waals surface area contributed by atoms with Gasteiger partial charge in [0.2, 0.25) is 21.8 Å². The molecule has 0 aromatic heterocycles. The maximum Gasteiger partial charge on any atom is 0.244 e. The van der Waals surface area contributed by atoms with E-state index in [1.54, 1.807) is 31.2 Å². The van der Waals surface area contributed by atoms with Gasteiger partial charge in [-0.25, -0.2) is 8.42 Å². The lowest BCUT2D eigenvalue weighted by Crippen LogP contribution is -2.52. The second-order valence-electron chi connectivity index (χ2n) is 8.84. The van der Waals surface area contributed by atoms with Crippen LogP contribution in [-0.2, 0) is 26.2 Å². The van der Waals surface area contributed by atoms with Gasteiger partial charge in [-0.05, 0) is 49.9 Å². The molecule has 184 valence electrons. The van der Waals surface area contributed by atoms with Crippen LogP contribution in [0.2, 0.25) is 5.02 Å². The third-order valence-corrected chi connectivity index (χ3v) is 7.72. The van der Waals surface area contributed by atoms with Gasteiger partial charge in [-0.2, -0.15) is 0 Å². The summed E-state index contributed by atoms with van der Waals surface area (Å²) in [5.41, 5.74) is 2.09. The van der Waals surface area contributed by atoms with Crippen molar-refractivity contribution in [2.24, 2.45) is 0 Å². The summed E-state index contributed by atoms with van der Waals surface area (Å²) in [7, 11) is -3.81. The molecule has 1 N–H and O–H groups in total. The van der Waals surface area contributed by atoms with Crippen molar-refractivity contribution in [2.45, 2.75) is 58.2 Å². The molecule has 1 aliphatic carbocycles. The Bertz CT molecular complexity index is 1130. The number of anilines is 1. The summed E-state index contributed by atoms with van der Waals surface area (Å²) in [4.78, 5) is 28.1. The number of carbonyl (C=O) groups is 2. The van der Waals surface area contributed by atoms with Crippen LogP contribution in [0.3, 0.4) is 0 Å². The quantitative estimate of drug-likeness (QED) is 0.560. The summed E-state index contributed by atoms with van der Waals surface area (Å²) in [6, 6.07) is 13.4. The molecule has 1 fully saturated rings. The zero-order chi connectivity index (χ0) is 24.9. The van der Waals surface area contributed by atoms with Gasteiger partial charge in [0.25, 0.3) is 0 Å². The van der Waals surface area contributed by atoms with Crippen LogP contribution in [0.1, 0.15) is 43.7 Å². The summed E-state index contributed by atoms with van der Waals surface area (Å²) in [5, 5.41) is 3.27. The Morgan fingerprint density at radius 1 is 1.09 bits per heavy atom. The molecule has 0 saturated heterocycles. The number of sulfonamides is 1. The molecule has 9 heteroatoms. The minimum atomic E-state index is -3.81. The number of nitrogens with zero attached hydrogens (tertiary/aromatic N) is 2. The van der Waals surface area contributed by atoms with Gasteiger partial charge in [0.05, 0.1) is 17.0 Å². The van der Waals surface area contributed by atoms with Crippen LogP contribution in [0.15, 0.2) is 48.5 Å². The molecule has 1 unspecified atom stereocenters. The van der Waals surface area contributed by atoms with Gasteiger partial charge < -0.3 is 10.2 Å². The molecular formula is C25H32ClN3O4S. The summed E-state index contributed by atoms with van der Waals surface area (Å²) < 4.78 is 26.2. The first-order valence-electron chi connectivity index (χ1n) is 11.4. The monoisotopic (exact) mass is 505 g/mol. The van der Waals surface area contributed by atoms with E-state index in [9.17, 15) is 18.0 Å². The van der Waals surface area contributed by atoms with Crippen molar-refractivity contribution in [3.63, 3.8) is 0 Å². The van der Waals surface area contributed by atoms with E-state index in [1.807, 2.05) is 31.2 Å². The molecule has 3 rings (SSSR count). The molecule has 1 aliphatic rings. The predicted molar refractivity (Wildman–Crippen MR) is 135 cm³/mol. The maximum absolute atomic E-state index is 13.6. The molecule has 2 amide bonds. The zero-order valence-corrected chi connectivity index (χ0v) is 21.4. The number of hydrogen-bond acceptors (Lipinski definition) is 4. The average molecular weight is 506 g/mol. The number of hydrogen-bond donors (Lipinski definition) is 1. The number of halogens is 1. The van der Waals surface area contributed by atoms with E-state index in [4.69, 9.17) is 11.6 Å². The zero-order valence-electron chi connectivity index (χ0n) is 19.8. The van der Waals surface area contributed by atoms with Gasteiger partial charge in [0, 0.05) is 12.6 Å². The SMILES string of the molecule is Cc1ccccc1CN(C(=O)CN(c1ccccc1Cl)S(C)(=O)=O)C(C)C(=O)NC1CCCC1. The number of aryl methyl sites for hydroxylation is 1. The third kappa shape index (κ3) is 6.51. The molecule has 2 aromatic rings. The Morgan fingerprint density at radius 3 is 2.32 bits per heavy atom.